The van der Waals surface area contributed by atoms with Crippen LogP contribution < -0.4 is 0 Å². The van der Waals surface area contributed by atoms with Crippen molar-refractivity contribution in [1.29, 1.82) is 0 Å². The molecule has 0 aromatic carbocycles. The lowest BCUT2D eigenvalue weighted by Gasteiger charge is -1.76. The summed E-state index contributed by atoms with van der Waals surface area (Å²) in [5.41, 5.74) is 0. The van der Waals surface area contributed by atoms with E-state index in [9.17, 15) is 0 Å². The molecule has 2 heterocycles. The van der Waals surface area contributed by atoms with Gasteiger partial charge in [-0.15, -0.1) is 16.8 Å². The first-order valence-electron chi connectivity index (χ1n) is 2.45. The molecule has 3 nitrogen and oxygen atoms in total. The zero-order valence-electron chi connectivity index (χ0n) is 4.28. The van der Waals surface area contributed by atoms with Crippen molar-refractivity contribution in [1.82, 2.24) is 14.8 Å². The Bertz CT molecular complexity index is 207. The van der Waals surface area contributed by atoms with Crippen LogP contribution in [0.1, 0.15) is 11.9 Å². The first kappa shape index (κ1) is 3.83. The van der Waals surface area contributed by atoms with E-state index in [0.29, 0.717) is 6.04 Å². The van der Waals surface area contributed by atoms with Crippen LogP contribution in [0.2, 0.25) is 0 Å². The van der Waals surface area contributed by atoms with E-state index >= 15 is 0 Å². The SMILES string of the molecule is C=CC1c2nncn21. The Morgan fingerprint density at radius 2 is 2.75 bits per heavy atom. The molecule has 0 aliphatic carbocycles. The summed E-state index contributed by atoms with van der Waals surface area (Å²) in [6, 6.07) is 0.368. The summed E-state index contributed by atoms with van der Waals surface area (Å²) in [5, 5.41) is 7.46. The normalized spacial score (nSPS) is 22.2. The summed E-state index contributed by atoms with van der Waals surface area (Å²) in [4.78, 5) is 0. The molecular formula is C5H5N3. The smallest absolute Gasteiger partial charge is 0.161 e. The first-order chi connectivity index (χ1) is 3.93. The number of nitrogens with zero attached hydrogens (tertiary/aromatic N) is 3. The van der Waals surface area contributed by atoms with Gasteiger partial charge in [-0.2, -0.15) is 0 Å². The van der Waals surface area contributed by atoms with Crippen LogP contribution in [0.25, 0.3) is 0 Å². The van der Waals surface area contributed by atoms with Crippen LogP contribution in [-0.4, -0.2) is 14.8 Å². The molecule has 1 unspecified atom stereocenters. The molecule has 0 spiro atoms. The summed E-state index contributed by atoms with van der Waals surface area (Å²) in [7, 11) is 0. The molecular weight excluding hydrogens is 102 g/mol. The van der Waals surface area contributed by atoms with Crippen LogP contribution in [-0.2, 0) is 0 Å². The Hall–Kier alpha value is -1.12. The fourth-order valence-electron chi connectivity index (χ4n) is 0.816. The Labute approximate surface area is 46.7 Å². The minimum Gasteiger partial charge on any atom is -0.301 e. The van der Waals surface area contributed by atoms with Crippen molar-refractivity contribution in [3.63, 3.8) is 0 Å². The van der Waals surface area contributed by atoms with Crippen molar-refractivity contribution in [2.45, 2.75) is 6.04 Å². The van der Waals surface area contributed by atoms with Crippen molar-refractivity contribution in [3.8, 4) is 0 Å². The van der Waals surface area contributed by atoms with E-state index in [1.807, 2.05) is 10.6 Å². The van der Waals surface area contributed by atoms with E-state index in [-0.39, 0.29) is 0 Å². The average Bonchev–Trinajstić information content (AvgIpc) is 2.22. The lowest BCUT2D eigenvalue weighted by Crippen LogP contribution is -1.77. The van der Waals surface area contributed by atoms with Crippen molar-refractivity contribution in [3.05, 3.63) is 24.8 Å². The molecule has 3 heteroatoms. The predicted molar refractivity (Wildman–Crippen MR) is 28.4 cm³/mol. The summed E-state index contributed by atoms with van der Waals surface area (Å²) >= 11 is 0. The molecule has 8 heavy (non-hydrogen) atoms. The molecule has 1 atom stereocenters. The maximum absolute atomic E-state index is 3.80. The number of fused-ring (bicyclic) bond motifs is 1. The second-order valence-electron chi connectivity index (χ2n) is 1.78. The number of aromatic nitrogens is 3. The van der Waals surface area contributed by atoms with E-state index in [0.717, 1.165) is 5.82 Å². The second kappa shape index (κ2) is 0.992. The van der Waals surface area contributed by atoms with Gasteiger partial charge < -0.3 is 4.57 Å². The molecule has 1 aromatic heterocycles. The molecule has 0 radical (unpaired) electrons. The van der Waals surface area contributed by atoms with Gasteiger partial charge >= 0.3 is 0 Å². The molecule has 0 fully saturated rings. The van der Waals surface area contributed by atoms with Crippen LogP contribution in [0, 0.1) is 0 Å². The molecule has 2 rings (SSSR count). The highest BCUT2D eigenvalue weighted by atomic mass is 15.4. The topological polar surface area (TPSA) is 30.7 Å². The third-order valence-electron chi connectivity index (χ3n) is 1.32. The lowest BCUT2D eigenvalue weighted by molar-refractivity contribution is 0.907. The molecule has 1 aromatic rings. The molecule has 0 saturated heterocycles. The van der Waals surface area contributed by atoms with Crippen LogP contribution in [0.3, 0.4) is 0 Å². The Morgan fingerprint density at radius 3 is 3.12 bits per heavy atom. The van der Waals surface area contributed by atoms with Crippen molar-refractivity contribution < 1.29 is 0 Å². The zero-order chi connectivity index (χ0) is 5.56. The first-order valence-corrected chi connectivity index (χ1v) is 2.45. The summed E-state index contributed by atoms with van der Waals surface area (Å²) in [5.74, 6) is 1.03. The Balaban J connectivity index is 2.42. The molecule has 0 bridgehead atoms. The number of hydrogen-bond donors (Lipinski definition) is 0. The van der Waals surface area contributed by atoms with Gasteiger partial charge in [-0.1, -0.05) is 6.08 Å². The molecule has 0 saturated carbocycles. The zero-order valence-corrected chi connectivity index (χ0v) is 4.28. The average molecular weight is 107 g/mol. The highest BCUT2D eigenvalue weighted by molar-refractivity contribution is 5.20. The van der Waals surface area contributed by atoms with Gasteiger partial charge in [0.2, 0.25) is 0 Å². The van der Waals surface area contributed by atoms with Gasteiger partial charge in [0.05, 0.1) is 0 Å². The van der Waals surface area contributed by atoms with E-state index in [1.54, 1.807) is 6.33 Å². The third-order valence-corrected chi connectivity index (χ3v) is 1.32. The van der Waals surface area contributed by atoms with Crippen LogP contribution in [0.15, 0.2) is 19.0 Å². The Kier molecular flexibility index (Phi) is 0.475. The van der Waals surface area contributed by atoms with E-state index in [1.165, 1.54) is 0 Å². The lowest BCUT2D eigenvalue weighted by atomic mass is 10.4. The summed E-state index contributed by atoms with van der Waals surface area (Å²) in [6.45, 7) is 3.62. The van der Waals surface area contributed by atoms with Gasteiger partial charge in [-0.05, 0) is 0 Å². The van der Waals surface area contributed by atoms with Gasteiger partial charge in [0.25, 0.3) is 0 Å². The van der Waals surface area contributed by atoms with Gasteiger partial charge in [-0.3, -0.25) is 0 Å². The standard InChI is InChI=1S/C5H5N3/c1-2-4-5-7-6-3-8(4)5/h2-4H,1H2. The van der Waals surface area contributed by atoms with Gasteiger partial charge in [0, 0.05) is 0 Å². The van der Waals surface area contributed by atoms with E-state index in [2.05, 4.69) is 16.8 Å². The van der Waals surface area contributed by atoms with Crippen molar-refractivity contribution in [2.75, 3.05) is 0 Å². The van der Waals surface area contributed by atoms with Crippen LogP contribution in [0.4, 0.5) is 0 Å². The molecule has 40 valence electrons. The number of allylic oxidation sites excluding steroid dienone is 1. The highest BCUT2D eigenvalue weighted by Gasteiger charge is 2.30. The summed E-state index contributed by atoms with van der Waals surface area (Å²) < 4.78 is 1.97. The molecule has 1 aliphatic heterocycles. The van der Waals surface area contributed by atoms with E-state index in [4.69, 9.17) is 0 Å². The second-order valence-corrected chi connectivity index (χ2v) is 1.78. The summed E-state index contributed by atoms with van der Waals surface area (Å²) in [6.07, 6.45) is 3.56. The van der Waals surface area contributed by atoms with Crippen LogP contribution in [0.5, 0.6) is 0 Å². The maximum Gasteiger partial charge on any atom is 0.161 e. The van der Waals surface area contributed by atoms with Gasteiger partial charge in [0.15, 0.2) is 5.82 Å². The monoisotopic (exact) mass is 107 g/mol. The minimum absolute atomic E-state index is 0.368. The van der Waals surface area contributed by atoms with Crippen LogP contribution >= 0.6 is 0 Å². The highest BCUT2D eigenvalue weighted by Crippen LogP contribution is 2.30. The minimum atomic E-state index is 0.368. The molecule has 0 amide bonds. The number of rotatable bonds is 1. The largest absolute Gasteiger partial charge is 0.301 e. The predicted octanol–water partition coefficient (Wildman–Crippen LogP) is 0.367. The van der Waals surface area contributed by atoms with Crippen molar-refractivity contribution in [2.24, 2.45) is 0 Å². The molecule has 0 N–H and O–H groups in total. The maximum atomic E-state index is 3.80. The quantitative estimate of drug-likeness (QED) is 0.485. The van der Waals surface area contributed by atoms with Gasteiger partial charge in [-0.25, -0.2) is 0 Å². The van der Waals surface area contributed by atoms with E-state index < -0.39 is 0 Å². The number of hydrogen-bond acceptors (Lipinski definition) is 2. The fraction of sp³-hybridized carbons (Fsp3) is 0.200. The van der Waals surface area contributed by atoms with Gasteiger partial charge in [0.1, 0.15) is 12.4 Å². The van der Waals surface area contributed by atoms with Crippen molar-refractivity contribution >= 4 is 0 Å². The Morgan fingerprint density at radius 1 is 1.88 bits per heavy atom. The fourth-order valence-corrected chi connectivity index (χ4v) is 0.816. The third kappa shape index (κ3) is 0.258. The molecule has 1 aliphatic rings.